The molecule has 0 unspecified atom stereocenters. The maximum atomic E-state index is 12.0. The van der Waals surface area contributed by atoms with E-state index in [9.17, 15) is 19.5 Å². The Balaban J connectivity index is 1.92. The molecule has 3 amide bonds. The molecule has 1 heterocycles. The van der Waals surface area contributed by atoms with Gasteiger partial charge in [0.05, 0.1) is 6.54 Å². The van der Waals surface area contributed by atoms with Gasteiger partial charge in [-0.1, -0.05) is 12.1 Å². The third kappa shape index (κ3) is 3.87. The summed E-state index contributed by atoms with van der Waals surface area (Å²) in [4.78, 5) is 36.0. The minimum atomic E-state index is -1.03. The molecule has 2 rings (SSSR count). The highest BCUT2D eigenvalue weighted by atomic mass is 16.5. The zero-order valence-electron chi connectivity index (χ0n) is 13.3. The number of ketones is 1. The van der Waals surface area contributed by atoms with Gasteiger partial charge in [-0.3, -0.25) is 14.5 Å². The molecule has 2 N–H and O–H groups in total. The van der Waals surface area contributed by atoms with E-state index in [1.807, 2.05) is 0 Å². The van der Waals surface area contributed by atoms with Crippen LogP contribution >= 0.6 is 0 Å². The van der Waals surface area contributed by atoms with Crippen LogP contribution < -0.4 is 10.1 Å². The summed E-state index contributed by atoms with van der Waals surface area (Å²) in [5.41, 5.74) is -0.458. The Morgan fingerprint density at radius 2 is 2.09 bits per heavy atom. The van der Waals surface area contributed by atoms with E-state index in [2.05, 4.69) is 5.32 Å². The Bertz CT molecular complexity index is 641. The van der Waals surface area contributed by atoms with Gasteiger partial charge in [-0.2, -0.15) is 0 Å². The molecule has 1 aliphatic rings. The first-order chi connectivity index (χ1) is 10.7. The van der Waals surface area contributed by atoms with Crippen LogP contribution in [-0.4, -0.2) is 52.5 Å². The molecule has 23 heavy (non-hydrogen) atoms. The lowest BCUT2D eigenvalue weighted by Crippen LogP contribution is -2.42. The standard InChI is InChI=1S/C16H20N2O5/c1-10(19)11-5-4-6-13(7-11)23-9-12(20)8-18-14(21)16(2,3)17-15(18)22/h4-7,12,20H,8-9H2,1-3H3,(H,17,22)/t12-/m0/s1. The van der Waals surface area contributed by atoms with E-state index in [-0.39, 0.29) is 24.8 Å². The molecule has 7 nitrogen and oxygen atoms in total. The number of amides is 3. The average Bonchev–Trinajstić information content (AvgIpc) is 2.67. The Labute approximate surface area is 134 Å². The largest absolute Gasteiger partial charge is 0.491 e. The van der Waals surface area contributed by atoms with Crippen LogP contribution in [-0.2, 0) is 4.79 Å². The number of hydrogen-bond donors (Lipinski definition) is 2. The number of β-amino-alcohol motifs (C(OH)–C–C–N with tert-alkyl or cyclic N) is 1. The highest BCUT2D eigenvalue weighted by molar-refractivity contribution is 6.06. The minimum absolute atomic E-state index is 0.0856. The lowest BCUT2D eigenvalue weighted by molar-refractivity contribution is -0.131. The second kappa shape index (κ2) is 6.37. The van der Waals surface area contributed by atoms with Crippen LogP contribution in [0, 0.1) is 0 Å². The summed E-state index contributed by atoms with van der Waals surface area (Å²) in [6.45, 7) is 4.40. The summed E-state index contributed by atoms with van der Waals surface area (Å²) >= 11 is 0. The van der Waals surface area contributed by atoms with E-state index in [0.29, 0.717) is 11.3 Å². The van der Waals surface area contributed by atoms with Crippen molar-refractivity contribution in [3.8, 4) is 5.75 Å². The first-order valence-electron chi connectivity index (χ1n) is 7.26. The Morgan fingerprint density at radius 3 is 2.65 bits per heavy atom. The molecule has 1 aliphatic heterocycles. The molecule has 1 saturated heterocycles. The molecule has 0 saturated carbocycles. The van der Waals surface area contributed by atoms with E-state index in [4.69, 9.17) is 4.74 Å². The molecule has 0 aliphatic carbocycles. The third-order valence-electron chi connectivity index (χ3n) is 3.52. The molecule has 124 valence electrons. The lowest BCUT2D eigenvalue weighted by Gasteiger charge is -2.19. The highest BCUT2D eigenvalue weighted by Gasteiger charge is 2.44. The van der Waals surface area contributed by atoms with Gasteiger partial charge in [-0.25, -0.2) is 4.79 Å². The summed E-state index contributed by atoms with van der Waals surface area (Å²) in [7, 11) is 0. The number of aliphatic hydroxyl groups excluding tert-OH is 1. The number of urea groups is 1. The van der Waals surface area contributed by atoms with E-state index >= 15 is 0 Å². The van der Waals surface area contributed by atoms with Gasteiger partial charge in [-0.05, 0) is 32.9 Å². The molecule has 1 fully saturated rings. The van der Waals surface area contributed by atoms with Crippen molar-refractivity contribution in [1.29, 1.82) is 0 Å². The monoisotopic (exact) mass is 320 g/mol. The quantitative estimate of drug-likeness (QED) is 0.601. The number of aliphatic hydroxyl groups is 1. The molecular formula is C16H20N2O5. The predicted octanol–water partition coefficient (Wildman–Crippen LogP) is 0.959. The van der Waals surface area contributed by atoms with Crippen LogP contribution in [0.3, 0.4) is 0 Å². The maximum absolute atomic E-state index is 12.0. The average molecular weight is 320 g/mol. The second-order valence-corrected chi connectivity index (χ2v) is 6.02. The second-order valence-electron chi connectivity index (χ2n) is 6.02. The number of Topliss-reactive ketones (excluding diaryl/α,β-unsaturated/α-hetero) is 1. The molecule has 0 aromatic heterocycles. The zero-order valence-corrected chi connectivity index (χ0v) is 13.3. The smallest absolute Gasteiger partial charge is 0.325 e. The number of hydrogen-bond acceptors (Lipinski definition) is 5. The molecule has 1 atom stereocenters. The Morgan fingerprint density at radius 1 is 1.39 bits per heavy atom. The fourth-order valence-electron chi connectivity index (χ4n) is 2.24. The molecule has 7 heteroatoms. The summed E-state index contributed by atoms with van der Waals surface area (Å²) < 4.78 is 5.42. The predicted molar refractivity (Wildman–Crippen MR) is 82.3 cm³/mol. The zero-order chi connectivity index (χ0) is 17.2. The van der Waals surface area contributed by atoms with Crippen LogP contribution in [0.15, 0.2) is 24.3 Å². The van der Waals surface area contributed by atoms with Gasteiger partial charge in [0.1, 0.15) is 24.0 Å². The third-order valence-corrected chi connectivity index (χ3v) is 3.52. The van der Waals surface area contributed by atoms with Crippen LogP contribution in [0.2, 0.25) is 0 Å². The number of benzene rings is 1. The normalized spacial score (nSPS) is 17.8. The van der Waals surface area contributed by atoms with Crippen molar-refractivity contribution in [3.63, 3.8) is 0 Å². The fourth-order valence-corrected chi connectivity index (χ4v) is 2.24. The van der Waals surface area contributed by atoms with Crippen molar-refractivity contribution < 1.29 is 24.2 Å². The summed E-state index contributed by atoms with van der Waals surface area (Å²) in [6, 6.07) is 6.05. The molecular weight excluding hydrogens is 300 g/mol. The van der Waals surface area contributed by atoms with Crippen molar-refractivity contribution in [1.82, 2.24) is 10.2 Å². The van der Waals surface area contributed by atoms with Gasteiger partial charge in [0.25, 0.3) is 5.91 Å². The van der Waals surface area contributed by atoms with Crippen LogP contribution in [0.1, 0.15) is 31.1 Å². The van der Waals surface area contributed by atoms with Crippen molar-refractivity contribution >= 4 is 17.7 Å². The first kappa shape index (κ1) is 17.0. The number of carbonyl (C=O) groups is 3. The molecule has 0 spiro atoms. The van der Waals surface area contributed by atoms with Crippen LogP contribution in [0.25, 0.3) is 0 Å². The van der Waals surface area contributed by atoms with E-state index < -0.39 is 17.7 Å². The Kier molecular flexibility index (Phi) is 4.70. The van der Waals surface area contributed by atoms with Crippen molar-refractivity contribution in [2.24, 2.45) is 0 Å². The number of carbonyl (C=O) groups excluding carboxylic acids is 3. The molecule has 1 aromatic rings. The number of rotatable bonds is 6. The first-order valence-corrected chi connectivity index (χ1v) is 7.26. The highest BCUT2D eigenvalue weighted by Crippen LogP contribution is 2.18. The lowest BCUT2D eigenvalue weighted by atomic mass is 10.1. The maximum Gasteiger partial charge on any atom is 0.325 e. The summed E-state index contributed by atoms with van der Waals surface area (Å²) in [6.07, 6.45) is -1.03. The molecule has 0 radical (unpaired) electrons. The summed E-state index contributed by atoms with van der Waals surface area (Å²) in [5.74, 6) is -0.0352. The summed E-state index contributed by atoms with van der Waals surface area (Å²) in [5, 5.41) is 12.5. The van der Waals surface area contributed by atoms with E-state index in [1.165, 1.54) is 6.92 Å². The Hall–Kier alpha value is -2.41. The van der Waals surface area contributed by atoms with Crippen molar-refractivity contribution in [3.05, 3.63) is 29.8 Å². The van der Waals surface area contributed by atoms with Gasteiger partial charge in [0.15, 0.2) is 5.78 Å². The van der Waals surface area contributed by atoms with Gasteiger partial charge < -0.3 is 15.2 Å². The number of imide groups is 1. The van der Waals surface area contributed by atoms with Crippen molar-refractivity contribution in [2.75, 3.05) is 13.2 Å². The topological polar surface area (TPSA) is 95.9 Å². The fraction of sp³-hybridized carbons (Fsp3) is 0.438. The number of ether oxygens (including phenoxy) is 1. The van der Waals surface area contributed by atoms with Crippen LogP contribution in [0.4, 0.5) is 4.79 Å². The van der Waals surface area contributed by atoms with Gasteiger partial charge >= 0.3 is 6.03 Å². The van der Waals surface area contributed by atoms with E-state index in [1.54, 1.807) is 38.1 Å². The molecule has 0 bridgehead atoms. The van der Waals surface area contributed by atoms with Crippen molar-refractivity contribution in [2.45, 2.75) is 32.4 Å². The van der Waals surface area contributed by atoms with Gasteiger partial charge in [0, 0.05) is 5.56 Å². The SMILES string of the molecule is CC(=O)c1cccc(OC[C@@H](O)CN2C(=O)NC(C)(C)C2=O)c1. The van der Waals surface area contributed by atoms with Gasteiger partial charge in [-0.15, -0.1) is 0 Å². The van der Waals surface area contributed by atoms with Crippen LogP contribution in [0.5, 0.6) is 5.75 Å². The number of nitrogens with zero attached hydrogens (tertiary/aromatic N) is 1. The minimum Gasteiger partial charge on any atom is -0.491 e. The van der Waals surface area contributed by atoms with E-state index in [0.717, 1.165) is 4.90 Å². The van der Waals surface area contributed by atoms with Gasteiger partial charge in [0.2, 0.25) is 0 Å². The molecule has 1 aromatic carbocycles. The number of nitrogens with one attached hydrogen (secondary N) is 1.